The Morgan fingerprint density at radius 1 is 1.28 bits per heavy atom. The molecule has 1 aromatic heterocycles. The molecule has 1 saturated carbocycles. The fourth-order valence-corrected chi connectivity index (χ4v) is 4.13. The highest BCUT2D eigenvalue weighted by Gasteiger charge is 2.37. The van der Waals surface area contributed by atoms with Gasteiger partial charge >= 0.3 is 0 Å². The van der Waals surface area contributed by atoms with E-state index < -0.39 is 5.60 Å². The van der Waals surface area contributed by atoms with Crippen LogP contribution >= 0.6 is 0 Å². The van der Waals surface area contributed by atoms with Crippen molar-refractivity contribution in [3.05, 3.63) is 23.8 Å². The van der Waals surface area contributed by atoms with Crippen molar-refractivity contribution in [2.75, 3.05) is 20.6 Å². The topological polar surface area (TPSA) is 69.6 Å². The van der Waals surface area contributed by atoms with Crippen molar-refractivity contribution in [1.82, 2.24) is 19.8 Å². The SMILES string of the molecule is CN(C)Cc1cncc([C@H]2CCCN2C(=O)CC2(O)CCCCC2)n1. The number of carbonyl (C=O) groups is 1. The first-order chi connectivity index (χ1) is 12.0. The summed E-state index contributed by atoms with van der Waals surface area (Å²) in [6.07, 6.45) is 10.4. The highest BCUT2D eigenvalue weighted by molar-refractivity contribution is 5.78. The van der Waals surface area contributed by atoms with E-state index in [-0.39, 0.29) is 18.4 Å². The van der Waals surface area contributed by atoms with Gasteiger partial charge in [0.15, 0.2) is 0 Å². The number of amides is 1. The molecule has 1 amide bonds. The molecule has 2 fully saturated rings. The van der Waals surface area contributed by atoms with Gasteiger partial charge in [-0.25, -0.2) is 0 Å². The molecule has 1 atom stereocenters. The minimum atomic E-state index is -0.805. The van der Waals surface area contributed by atoms with Gasteiger partial charge in [0.25, 0.3) is 0 Å². The predicted molar refractivity (Wildman–Crippen MR) is 95.8 cm³/mol. The van der Waals surface area contributed by atoms with Gasteiger partial charge in [0.2, 0.25) is 5.91 Å². The van der Waals surface area contributed by atoms with Crippen LogP contribution in [0.4, 0.5) is 0 Å². The maximum absolute atomic E-state index is 12.9. The lowest BCUT2D eigenvalue weighted by molar-refractivity contribution is -0.138. The molecule has 1 aliphatic carbocycles. The Kier molecular flexibility index (Phi) is 5.69. The number of carbonyl (C=O) groups excluding carboxylic acids is 1. The van der Waals surface area contributed by atoms with Gasteiger partial charge in [-0.05, 0) is 39.8 Å². The van der Waals surface area contributed by atoms with Crippen LogP contribution < -0.4 is 0 Å². The summed E-state index contributed by atoms with van der Waals surface area (Å²) < 4.78 is 0. The highest BCUT2D eigenvalue weighted by atomic mass is 16.3. The largest absolute Gasteiger partial charge is 0.389 e. The molecule has 6 nitrogen and oxygen atoms in total. The van der Waals surface area contributed by atoms with E-state index in [2.05, 4.69) is 9.88 Å². The lowest BCUT2D eigenvalue weighted by Crippen LogP contribution is -2.40. The van der Waals surface area contributed by atoms with Crippen molar-refractivity contribution in [2.24, 2.45) is 0 Å². The Balaban J connectivity index is 1.70. The number of aromatic nitrogens is 2. The van der Waals surface area contributed by atoms with Gasteiger partial charge in [0, 0.05) is 19.3 Å². The molecule has 138 valence electrons. The molecule has 1 N–H and O–H groups in total. The average molecular weight is 346 g/mol. The normalized spacial score (nSPS) is 23.2. The first-order valence-electron chi connectivity index (χ1n) is 9.44. The molecule has 25 heavy (non-hydrogen) atoms. The minimum Gasteiger partial charge on any atom is -0.389 e. The molecule has 6 heteroatoms. The first kappa shape index (κ1) is 18.3. The fourth-order valence-electron chi connectivity index (χ4n) is 4.13. The van der Waals surface area contributed by atoms with Gasteiger partial charge in [-0.1, -0.05) is 19.3 Å². The third-order valence-corrected chi connectivity index (χ3v) is 5.36. The van der Waals surface area contributed by atoms with Crippen molar-refractivity contribution in [1.29, 1.82) is 0 Å². The number of hydrogen-bond acceptors (Lipinski definition) is 5. The summed E-state index contributed by atoms with van der Waals surface area (Å²) in [7, 11) is 4.01. The van der Waals surface area contributed by atoms with Crippen LogP contribution in [-0.4, -0.2) is 57.0 Å². The van der Waals surface area contributed by atoms with E-state index in [4.69, 9.17) is 4.98 Å². The molecular formula is C19H30N4O2. The highest BCUT2D eigenvalue weighted by Crippen LogP contribution is 2.35. The summed E-state index contributed by atoms with van der Waals surface area (Å²) in [6.45, 7) is 1.49. The van der Waals surface area contributed by atoms with E-state index in [1.54, 1.807) is 12.4 Å². The minimum absolute atomic E-state index is 0.00528. The van der Waals surface area contributed by atoms with E-state index in [1.165, 1.54) is 0 Å². The monoisotopic (exact) mass is 346 g/mol. The van der Waals surface area contributed by atoms with Gasteiger partial charge in [0.1, 0.15) is 0 Å². The third kappa shape index (κ3) is 4.55. The molecule has 1 saturated heterocycles. The van der Waals surface area contributed by atoms with E-state index in [0.717, 1.165) is 69.4 Å². The second-order valence-electron chi connectivity index (χ2n) is 7.88. The molecule has 0 spiro atoms. The molecule has 2 heterocycles. The fraction of sp³-hybridized carbons (Fsp3) is 0.737. The molecule has 3 rings (SSSR count). The van der Waals surface area contributed by atoms with Crippen LogP contribution in [-0.2, 0) is 11.3 Å². The Bertz CT molecular complexity index is 599. The number of likely N-dealkylation sites (tertiary alicyclic amines) is 1. The summed E-state index contributed by atoms with van der Waals surface area (Å²) in [5.41, 5.74) is 0.995. The van der Waals surface area contributed by atoms with Crippen LogP contribution in [0.2, 0.25) is 0 Å². The summed E-state index contributed by atoms with van der Waals surface area (Å²) >= 11 is 0. The molecular weight excluding hydrogens is 316 g/mol. The number of aliphatic hydroxyl groups is 1. The quantitative estimate of drug-likeness (QED) is 0.886. The smallest absolute Gasteiger partial charge is 0.226 e. The lowest BCUT2D eigenvalue weighted by atomic mass is 9.82. The van der Waals surface area contributed by atoms with E-state index in [1.807, 2.05) is 19.0 Å². The standard InChI is InChI=1S/C19H30N4O2/c1-22(2)14-15-12-20-13-16(21-15)17-7-6-10-23(17)18(24)11-19(25)8-4-3-5-9-19/h12-13,17,25H,3-11,14H2,1-2H3/t17-/m1/s1. The zero-order valence-electron chi connectivity index (χ0n) is 15.4. The van der Waals surface area contributed by atoms with Crippen LogP contribution in [0.25, 0.3) is 0 Å². The van der Waals surface area contributed by atoms with Gasteiger partial charge < -0.3 is 14.9 Å². The summed E-state index contributed by atoms with van der Waals surface area (Å²) in [5, 5.41) is 10.7. The van der Waals surface area contributed by atoms with Crippen LogP contribution in [0.5, 0.6) is 0 Å². The molecule has 1 aliphatic heterocycles. The third-order valence-electron chi connectivity index (χ3n) is 5.36. The zero-order chi connectivity index (χ0) is 17.9. The summed E-state index contributed by atoms with van der Waals surface area (Å²) in [5.74, 6) is 0.0618. The average Bonchev–Trinajstić information content (AvgIpc) is 3.04. The molecule has 2 aliphatic rings. The Morgan fingerprint density at radius 2 is 2.04 bits per heavy atom. The van der Waals surface area contributed by atoms with Crippen molar-refractivity contribution in [2.45, 2.75) is 69.6 Å². The van der Waals surface area contributed by atoms with Crippen LogP contribution in [0, 0.1) is 0 Å². The Labute approximate surface area is 150 Å². The Hall–Kier alpha value is -1.53. The van der Waals surface area contributed by atoms with Crippen molar-refractivity contribution in [3.8, 4) is 0 Å². The second-order valence-corrected chi connectivity index (χ2v) is 7.88. The molecule has 1 aromatic rings. The van der Waals surface area contributed by atoms with Crippen LogP contribution in [0.3, 0.4) is 0 Å². The van der Waals surface area contributed by atoms with E-state index in [9.17, 15) is 9.90 Å². The molecule has 0 unspecified atom stereocenters. The maximum atomic E-state index is 12.9. The predicted octanol–water partition coefficient (Wildman–Crippen LogP) is 2.29. The molecule has 0 radical (unpaired) electrons. The van der Waals surface area contributed by atoms with E-state index in [0.29, 0.717) is 0 Å². The summed E-state index contributed by atoms with van der Waals surface area (Å²) in [4.78, 5) is 25.9. The van der Waals surface area contributed by atoms with Crippen LogP contribution in [0.1, 0.15) is 68.8 Å². The first-order valence-corrected chi connectivity index (χ1v) is 9.44. The van der Waals surface area contributed by atoms with Gasteiger partial charge in [-0.3, -0.25) is 14.8 Å². The second kappa shape index (κ2) is 7.79. The number of hydrogen-bond donors (Lipinski definition) is 1. The van der Waals surface area contributed by atoms with Gasteiger partial charge in [-0.2, -0.15) is 0 Å². The van der Waals surface area contributed by atoms with Crippen molar-refractivity contribution >= 4 is 5.91 Å². The van der Waals surface area contributed by atoms with Crippen molar-refractivity contribution < 1.29 is 9.90 Å². The number of nitrogens with zero attached hydrogens (tertiary/aromatic N) is 4. The Morgan fingerprint density at radius 3 is 2.76 bits per heavy atom. The maximum Gasteiger partial charge on any atom is 0.226 e. The molecule has 0 aromatic carbocycles. The van der Waals surface area contributed by atoms with Crippen LogP contribution in [0.15, 0.2) is 12.4 Å². The number of rotatable bonds is 5. The van der Waals surface area contributed by atoms with Crippen molar-refractivity contribution in [3.63, 3.8) is 0 Å². The van der Waals surface area contributed by atoms with Gasteiger partial charge in [0.05, 0.1) is 35.6 Å². The zero-order valence-corrected chi connectivity index (χ0v) is 15.4. The lowest BCUT2D eigenvalue weighted by Gasteiger charge is -2.34. The van der Waals surface area contributed by atoms with Gasteiger partial charge in [-0.15, -0.1) is 0 Å². The summed E-state index contributed by atoms with van der Waals surface area (Å²) in [6, 6.07) is -0.00528. The van der Waals surface area contributed by atoms with E-state index >= 15 is 0 Å². The molecule has 0 bridgehead atoms.